The maximum Gasteiger partial charge on any atom is 0.188 e. The first-order valence-corrected chi connectivity index (χ1v) is 6.47. The Morgan fingerprint density at radius 1 is 1.32 bits per heavy atom. The first-order valence-electron chi connectivity index (χ1n) is 5.65. The fourth-order valence-electron chi connectivity index (χ4n) is 1.62. The highest BCUT2D eigenvalue weighted by Gasteiger charge is 2.04. The van der Waals surface area contributed by atoms with E-state index in [9.17, 15) is 0 Å². The quantitative estimate of drug-likeness (QED) is 0.388. The van der Waals surface area contributed by atoms with Gasteiger partial charge in [-0.25, -0.2) is 4.98 Å². The molecule has 5 nitrogen and oxygen atoms in total. The highest BCUT2D eigenvalue weighted by Crippen LogP contribution is 2.26. The molecule has 0 fully saturated rings. The van der Waals surface area contributed by atoms with E-state index in [0.717, 1.165) is 15.6 Å². The van der Waals surface area contributed by atoms with Crippen LogP contribution in [0.4, 0.5) is 0 Å². The third-order valence-corrected chi connectivity index (χ3v) is 3.30. The van der Waals surface area contributed by atoms with E-state index in [2.05, 4.69) is 15.1 Å². The zero-order valence-electron chi connectivity index (χ0n) is 10.7. The third kappa shape index (κ3) is 3.45. The maximum absolute atomic E-state index is 8.56. The van der Waals surface area contributed by atoms with Gasteiger partial charge in [-0.05, 0) is 43.7 Å². The van der Waals surface area contributed by atoms with Crippen molar-refractivity contribution >= 4 is 17.6 Å². The second-order valence-electron chi connectivity index (χ2n) is 4.09. The van der Waals surface area contributed by atoms with Gasteiger partial charge in [0, 0.05) is 16.8 Å². The number of amidine groups is 1. The molecule has 2 aromatic rings. The summed E-state index contributed by atoms with van der Waals surface area (Å²) < 4.78 is 0. The van der Waals surface area contributed by atoms with Crippen molar-refractivity contribution in [1.82, 2.24) is 9.97 Å². The van der Waals surface area contributed by atoms with Gasteiger partial charge in [0.2, 0.25) is 0 Å². The summed E-state index contributed by atoms with van der Waals surface area (Å²) in [4.78, 5) is 9.53. The van der Waals surface area contributed by atoms with Crippen molar-refractivity contribution in [2.75, 3.05) is 0 Å². The lowest BCUT2D eigenvalue weighted by Crippen LogP contribution is -2.14. The minimum atomic E-state index is 0.000995. The molecule has 6 heteroatoms. The lowest BCUT2D eigenvalue weighted by molar-refractivity contribution is 0.318. The topological polar surface area (TPSA) is 84.4 Å². The molecule has 0 radical (unpaired) electrons. The van der Waals surface area contributed by atoms with E-state index < -0.39 is 0 Å². The predicted octanol–water partition coefficient (Wildman–Crippen LogP) is 2.34. The predicted molar refractivity (Wildman–Crippen MR) is 74.6 cm³/mol. The molecule has 2 heterocycles. The largest absolute Gasteiger partial charge is 0.409 e. The molecular weight excluding hydrogens is 260 g/mol. The second-order valence-corrected chi connectivity index (χ2v) is 5.18. The van der Waals surface area contributed by atoms with E-state index in [1.807, 2.05) is 32.0 Å². The SMILES string of the molecule is Cc1cc(C)nc(Sc2ccc(/C(N)=N/O)nc2)c1. The summed E-state index contributed by atoms with van der Waals surface area (Å²) >= 11 is 1.53. The highest BCUT2D eigenvalue weighted by atomic mass is 32.2. The van der Waals surface area contributed by atoms with Gasteiger partial charge in [-0.1, -0.05) is 16.9 Å². The zero-order chi connectivity index (χ0) is 13.8. The molecule has 0 aliphatic carbocycles. The fourth-order valence-corrected chi connectivity index (χ4v) is 2.54. The molecule has 0 amide bonds. The molecule has 19 heavy (non-hydrogen) atoms. The van der Waals surface area contributed by atoms with Crippen molar-refractivity contribution in [3.8, 4) is 0 Å². The molecule has 0 saturated carbocycles. The number of rotatable bonds is 3. The Bertz CT molecular complexity index is 590. The minimum absolute atomic E-state index is 0.000995. The van der Waals surface area contributed by atoms with Crippen LogP contribution in [0.15, 0.2) is 45.5 Å². The lowest BCUT2D eigenvalue weighted by atomic mass is 10.3. The Hall–Kier alpha value is -2.08. The molecule has 3 N–H and O–H groups in total. The lowest BCUT2D eigenvalue weighted by Gasteiger charge is -2.04. The van der Waals surface area contributed by atoms with Gasteiger partial charge in [-0.2, -0.15) is 0 Å². The first-order chi connectivity index (χ1) is 9.08. The summed E-state index contributed by atoms with van der Waals surface area (Å²) in [6.07, 6.45) is 1.68. The summed E-state index contributed by atoms with van der Waals surface area (Å²) in [6, 6.07) is 7.63. The molecule has 98 valence electrons. The van der Waals surface area contributed by atoms with Crippen molar-refractivity contribution in [2.45, 2.75) is 23.8 Å². The minimum Gasteiger partial charge on any atom is -0.409 e. The van der Waals surface area contributed by atoms with Crippen LogP contribution in [-0.2, 0) is 0 Å². The van der Waals surface area contributed by atoms with Crippen LogP contribution in [0.2, 0.25) is 0 Å². The molecule has 0 aromatic carbocycles. The van der Waals surface area contributed by atoms with Crippen LogP contribution in [0.1, 0.15) is 17.0 Å². The maximum atomic E-state index is 8.56. The number of oxime groups is 1. The zero-order valence-corrected chi connectivity index (χ0v) is 11.5. The van der Waals surface area contributed by atoms with Crippen molar-refractivity contribution in [2.24, 2.45) is 10.9 Å². The fraction of sp³-hybridized carbons (Fsp3) is 0.154. The van der Waals surface area contributed by atoms with Crippen LogP contribution in [0.25, 0.3) is 0 Å². The van der Waals surface area contributed by atoms with Gasteiger partial charge >= 0.3 is 0 Å². The third-order valence-electron chi connectivity index (χ3n) is 2.40. The van der Waals surface area contributed by atoms with Crippen molar-refractivity contribution < 1.29 is 5.21 Å². The van der Waals surface area contributed by atoms with E-state index in [4.69, 9.17) is 10.9 Å². The Kier molecular flexibility index (Phi) is 4.01. The van der Waals surface area contributed by atoms with Crippen LogP contribution in [0.3, 0.4) is 0 Å². The van der Waals surface area contributed by atoms with Gasteiger partial charge in [0.1, 0.15) is 10.7 Å². The van der Waals surface area contributed by atoms with Gasteiger partial charge in [-0.15, -0.1) is 0 Å². The second kappa shape index (κ2) is 5.71. The summed E-state index contributed by atoms with van der Waals surface area (Å²) in [7, 11) is 0. The number of pyridine rings is 2. The standard InChI is InChI=1S/C13H14N4OS/c1-8-5-9(2)16-12(6-8)19-10-3-4-11(15-7-10)13(14)17-18/h3-7,18H,1-2H3,(H2,14,17). The number of aromatic nitrogens is 2. The smallest absolute Gasteiger partial charge is 0.188 e. The average molecular weight is 274 g/mol. The number of hydrogen-bond donors (Lipinski definition) is 2. The van der Waals surface area contributed by atoms with Crippen LogP contribution < -0.4 is 5.73 Å². The van der Waals surface area contributed by atoms with Gasteiger partial charge in [0.05, 0.1) is 0 Å². The van der Waals surface area contributed by atoms with Gasteiger partial charge < -0.3 is 10.9 Å². The van der Waals surface area contributed by atoms with Crippen LogP contribution in [-0.4, -0.2) is 21.0 Å². The van der Waals surface area contributed by atoms with Crippen LogP contribution >= 0.6 is 11.8 Å². The number of nitrogens with two attached hydrogens (primary N) is 1. The Morgan fingerprint density at radius 3 is 2.68 bits per heavy atom. The van der Waals surface area contributed by atoms with Crippen molar-refractivity contribution in [3.63, 3.8) is 0 Å². The Balaban J connectivity index is 2.19. The number of hydrogen-bond acceptors (Lipinski definition) is 5. The average Bonchev–Trinajstić information content (AvgIpc) is 2.37. The summed E-state index contributed by atoms with van der Waals surface area (Å²) in [5.41, 5.74) is 8.07. The molecule has 2 rings (SSSR count). The summed E-state index contributed by atoms with van der Waals surface area (Å²) in [5.74, 6) is 0.000995. The van der Waals surface area contributed by atoms with Gasteiger partial charge in [-0.3, -0.25) is 4.98 Å². The number of aryl methyl sites for hydroxylation is 2. The van der Waals surface area contributed by atoms with E-state index >= 15 is 0 Å². The number of nitrogens with zero attached hydrogens (tertiary/aromatic N) is 3. The first kappa shape index (κ1) is 13.4. The van der Waals surface area contributed by atoms with E-state index in [0.29, 0.717) is 5.69 Å². The molecule has 0 saturated heterocycles. The molecule has 0 aliphatic rings. The van der Waals surface area contributed by atoms with Gasteiger partial charge in [0.15, 0.2) is 5.84 Å². The molecule has 2 aromatic heterocycles. The monoisotopic (exact) mass is 274 g/mol. The van der Waals surface area contributed by atoms with E-state index in [1.165, 1.54) is 17.3 Å². The van der Waals surface area contributed by atoms with Crippen molar-refractivity contribution in [3.05, 3.63) is 47.4 Å². The van der Waals surface area contributed by atoms with Crippen LogP contribution in [0, 0.1) is 13.8 Å². The van der Waals surface area contributed by atoms with E-state index in [-0.39, 0.29) is 5.84 Å². The summed E-state index contributed by atoms with van der Waals surface area (Å²) in [5, 5.41) is 12.4. The summed E-state index contributed by atoms with van der Waals surface area (Å²) in [6.45, 7) is 4.01. The van der Waals surface area contributed by atoms with Crippen LogP contribution in [0.5, 0.6) is 0 Å². The van der Waals surface area contributed by atoms with E-state index in [1.54, 1.807) is 12.3 Å². The molecule has 0 bridgehead atoms. The highest BCUT2D eigenvalue weighted by molar-refractivity contribution is 7.99. The molecule has 0 aliphatic heterocycles. The molecule has 0 unspecified atom stereocenters. The Morgan fingerprint density at radius 2 is 2.11 bits per heavy atom. The molecule has 0 spiro atoms. The normalized spacial score (nSPS) is 11.6. The van der Waals surface area contributed by atoms with Gasteiger partial charge in [0.25, 0.3) is 0 Å². The van der Waals surface area contributed by atoms with Crippen molar-refractivity contribution in [1.29, 1.82) is 0 Å². The Labute approximate surface area is 115 Å². The molecular formula is C13H14N4OS. The molecule has 0 atom stereocenters.